The van der Waals surface area contributed by atoms with Gasteiger partial charge in [-0.15, -0.1) is 22.7 Å². The zero-order chi connectivity index (χ0) is 12.4. The summed E-state index contributed by atoms with van der Waals surface area (Å²) in [5.74, 6) is 0.952. The van der Waals surface area contributed by atoms with Gasteiger partial charge in [-0.05, 0) is 11.8 Å². The summed E-state index contributed by atoms with van der Waals surface area (Å²) in [6.07, 6.45) is 0. The quantitative estimate of drug-likeness (QED) is 0.880. The molecule has 0 spiro atoms. The average molecular weight is 267 g/mol. The normalized spacial score (nSPS) is 11.4. The molecule has 0 aliphatic carbocycles. The minimum absolute atomic E-state index is 0.476. The third kappa shape index (κ3) is 3.04. The lowest BCUT2D eigenvalue weighted by molar-refractivity contribution is 0.831. The van der Waals surface area contributed by atoms with E-state index in [1.807, 2.05) is 0 Å². The number of hydrogen-bond donors (Lipinski definition) is 1. The number of aromatic nitrogens is 2. The summed E-state index contributed by atoms with van der Waals surface area (Å²) in [7, 11) is 0. The van der Waals surface area contributed by atoms with Crippen molar-refractivity contribution in [2.24, 2.45) is 0 Å². The van der Waals surface area contributed by atoms with Gasteiger partial charge in [-0.3, -0.25) is 0 Å². The lowest BCUT2D eigenvalue weighted by Gasteiger charge is -1.99. The largest absolute Gasteiger partial charge is 0.307 e. The van der Waals surface area contributed by atoms with Gasteiger partial charge in [0.25, 0.3) is 0 Å². The summed E-state index contributed by atoms with van der Waals surface area (Å²) in [4.78, 5) is 9.07. The molecule has 0 saturated heterocycles. The van der Waals surface area contributed by atoms with Crippen LogP contribution in [0.4, 0.5) is 10.3 Å². The molecule has 0 amide bonds. The lowest BCUT2D eigenvalue weighted by Crippen LogP contribution is -1.93. The predicted octanol–water partition coefficient (Wildman–Crippen LogP) is 4.59. The molecule has 1 N–H and O–H groups in total. The van der Waals surface area contributed by atoms with Crippen molar-refractivity contribution < 1.29 is 0 Å². The first kappa shape index (κ1) is 12.5. The molecule has 0 aliphatic rings. The summed E-state index contributed by atoms with van der Waals surface area (Å²) in [5, 5.41) is 9.33. The molecule has 3 nitrogen and oxygen atoms in total. The SMILES string of the molecule is CC(C)c1csc(Nc2nc(C(C)C)cs2)n1. The van der Waals surface area contributed by atoms with Crippen molar-refractivity contribution in [1.82, 2.24) is 9.97 Å². The standard InChI is InChI=1S/C12H17N3S2/c1-7(2)9-5-16-11(13-9)15-12-14-10(6-17-12)8(3)4/h5-8H,1-4H3,(H,13,14,15). The first-order chi connectivity index (χ1) is 8.06. The van der Waals surface area contributed by atoms with Crippen LogP contribution in [0.25, 0.3) is 0 Å². The zero-order valence-electron chi connectivity index (χ0n) is 10.5. The van der Waals surface area contributed by atoms with Crippen LogP contribution in [0.15, 0.2) is 10.8 Å². The summed E-state index contributed by atoms with van der Waals surface area (Å²) in [6.45, 7) is 8.61. The molecule has 0 aliphatic heterocycles. The molecule has 0 aromatic carbocycles. The van der Waals surface area contributed by atoms with Crippen molar-refractivity contribution in [1.29, 1.82) is 0 Å². The van der Waals surface area contributed by atoms with E-state index in [-0.39, 0.29) is 0 Å². The van der Waals surface area contributed by atoms with Gasteiger partial charge in [0.2, 0.25) is 0 Å². The Morgan fingerprint density at radius 1 is 0.882 bits per heavy atom. The number of rotatable bonds is 4. The topological polar surface area (TPSA) is 37.8 Å². The molecule has 0 bridgehead atoms. The number of anilines is 2. The van der Waals surface area contributed by atoms with Crippen LogP contribution < -0.4 is 5.32 Å². The number of hydrogen-bond acceptors (Lipinski definition) is 5. The van der Waals surface area contributed by atoms with Crippen LogP contribution in [0.2, 0.25) is 0 Å². The maximum absolute atomic E-state index is 4.53. The van der Waals surface area contributed by atoms with E-state index in [1.165, 1.54) is 0 Å². The van der Waals surface area contributed by atoms with Gasteiger partial charge in [-0.1, -0.05) is 27.7 Å². The Morgan fingerprint density at radius 2 is 1.29 bits per heavy atom. The Balaban J connectivity index is 2.08. The van der Waals surface area contributed by atoms with Crippen LogP contribution in [0, 0.1) is 0 Å². The van der Waals surface area contributed by atoms with Gasteiger partial charge >= 0.3 is 0 Å². The first-order valence-corrected chi connectivity index (χ1v) is 7.50. The van der Waals surface area contributed by atoms with Gasteiger partial charge in [0, 0.05) is 10.8 Å². The highest BCUT2D eigenvalue weighted by Crippen LogP contribution is 2.27. The summed E-state index contributed by atoms with van der Waals surface area (Å²) < 4.78 is 0. The lowest BCUT2D eigenvalue weighted by atomic mass is 10.2. The smallest absolute Gasteiger partial charge is 0.189 e. The Kier molecular flexibility index (Phi) is 3.79. The van der Waals surface area contributed by atoms with E-state index in [0.717, 1.165) is 21.7 Å². The molecule has 92 valence electrons. The molecular weight excluding hydrogens is 250 g/mol. The number of thiazole rings is 2. The van der Waals surface area contributed by atoms with Gasteiger partial charge in [0.05, 0.1) is 11.4 Å². The van der Waals surface area contributed by atoms with Gasteiger partial charge in [-0.25, -0.2) is 9.97 Å². The third-order valence-electron chi connectivity index (χ3n) is 2.44. The maximum Gasteiger partial charge on any atom is 0.189 e. The second-order valence-electron chi connectivity index (χ2n) is 4.59. The van der Waals surface area contributed by atoms with Crippen LogP contribution in [0.3, 0.4) is 0 Å². The van der Waals surface area contributed by atoms with E-state index < -0.39 is 0 Å². The fourth-order valence-electron chi connectivity index (χ4n) is 1.31. The Hall–Kier alpha value is -0.940. The third-order valence-corrected chi connectivity index (χ3v) is 3.99. The summed E-state index contributed by atoms with van der Waals surface area (Å²) >= 11 is 3.27. The molecule has 5 heteroatoms. The molecule has 2 heterocycles. The van der Waals surface area contributed by atoms with E-state index in [1.54, 1.807) is 22.7 Å². The van der Waals surface area contributed by atoms with Gasteiger partial charge in [-0.2, -0.15) is 0 Å². The van der Waals surface area contributed by atoms with Crippen molar-refractivity contribution in [3.63, 3.8) is 0 Å². The average Bonchev–Trinajstić information content (AvgIpc) is 2.87. The minimum atomic E-state index is 0.476. The molecule has 2 aromatic rings. The second-order valence-corrected chi connectivity index (χ2v) is 6.31. The van der Waals surface area contributed by atoms with Crippen LogP contribution >= 0.6 is 22.7 Å². The number of nitrogens with one attached hydrogen (secondary N) is 1. The molecule has 2 rings (SSSR count). The predicted molar refractivity (Wildman–Crippen MR) is 75.7 cm³/mol. The first-order valence-electron chi connectivity index (χ1n) is 5.74. The van der Waals surface area contributed by atoms with Gasteiger partial charge < -0.3 is 5.32 Å². The summed E-state index contributed by atoms with van der Waals surface area (Å²) in [6, 6.07) is 0. The Bertz CT molecular complexity index is 441. The highest BCUT2D eigenvalue weighted by Gasteiger charge is 2.09. The second kappa shape index (κ2) is 5.14. The molecule has 0 unspecified atom stereocenters. The molecule has 0 atom stereocenters. The van der Waals surface area contributed by atoms with Crippen LogP contribution in [0.1, 0.15) is 50.9 Å². The van der Waals surface area contributed by atoms with E-state index in [4.69, 9.17) is 0 Å². The van der Waals surface area contributed by atoms with Crippen molar-refractivity contribution in [2.45, 2.75) is 39.5 Å². The fourth-order valence-corrected chi connectivity index (χ4v) is 3.12. The van der Waals surface area contributed by atoms with E-state index >= 15 is 0 Å². The van der Waals surface area contributed by atoms with Crippen LogP contribution in [0.5, 0.6) is 0 Å². The van der Waals surface area contributed by atoms with Gasteiger partial charge in [0.1, 0.15) is 0 Å². The van der Waals surface area contributed by atoms with Crippen molar-refractivity contribution in [2.75, 3.05) is 5.32 Å². The van der Waals surface area contributed by atoms with Gasteiger partial charge in [0.15, 0.2) is 10.3 Å². The maximum atomic E-state index is 4.53. The Labute approximate surface area is 110 Å². The Morgan fingerprint density at radius 3 is 1.59 bits per heavy atom. The molecular formula is C12H17N3S2. The monoisotopic (exact) mass is 267 g/mol. The van der Waals surface area contributed by atoms with E-state index in [9.17, 15) is 0 Å². The molecule has 0 radical (unpaired) electrons. The number of nitrogens with zero attached hydrogens (tertiary/aromatic N) is 2. The van der Waals surface area contributed by atoms with E-state index in [0.29, 0.717) is 11.8 Å². The van der Waals surface area contributed by atoms with Crippen molar-refractivity contribution >= 4 is 32.9 Å². The molecule has 2 aromatic heterocycles. The van der Waals surface area contributed by atoms with E-state index in [2.05, 4.69) is 53.7 Å². The fraction of sp³-hybridized carbons (Fsp3) is 0.500. The van der Waals surface area contributed by atoms with Crippen LogP contribution in [-0.4, -0.2) is 9.97 Å². The zero-order valence-corrected chi connectivity index (χ0v) is 12.2. The van der Waals surface area contributed by atoms with Crippen molar-refractivity contribution in [3.05, 3.63) is 22.1 Å². The van der Waals surface area contributed by atoms with Crippen molar-refractivity contribution in [3.8, 4) is 0 Å². The highest BCUT2D eigenvalue weighted by atomic mass is 32.1. The minimum Gasteiger partial charge on any atom is -0.307 e. The molecule has 0 fully saturated rings. The highest BCUT2D eigenvalue weighted by molar-refractivity contribution is 7.16. The molecule has 17 heavy (non-hydrogen) atoms. The summed E-state index contributed by atoms with van der Waals surface area (Å²) in [5.41, 5.74) is 2.27. The molecule has 0 saturated carbocycles. The van der Waals surface area contributed by atoms with Crippen LogP contribution in [-0.2, 0) is 0 Å².